The van der Waals surface area contributed by atoms with Crippen molar-refractivity contribution in [1.29, 1.82) is 0 Å². The van der Waals surface area contributed by atoms with E-state index >= 15 is 0 Å². The quantitative estimate of drug-likeness (QED) is 0.652. The van der Waals surface area contributed by atoms with E-state index in [0.29, 0.717) is 18.4 Å². The molecule has 0 bridgehead atoms. The lowest BCUT2D eigenvalue weighted by atomic mass is 9.98. The fraction of sp³-hybridized carbons (Fsp3) is 0.154. The monoisotopic (exact) mass is 273 g/mol. The third kappa shape index (κ3) is 1.89. The van der Waals surface area contributed by atoms with Crippen molar-refractivity contribution in [2.75, 3.05) is 5.32 Å². The molecule has 0 spiro atoms. The van der Waals surface area contributed by atoms with Crippen molar-refractivity contribution in [2.45, 2.75) is 12.8 Å². The molecular weight excluding hydrogens is 262 g/mol. The molecule has 2 aromatic rings. The molecule has 4 N–H and O–H groups in total. The van der Waals surface area contributed by atoms with Gasteiger partial charge in [-0.05, 0) is 24.1 Å². The highest BCUT2D eigenvalue weighted by Gasteiger charge is 2.20. The number of benzene rings is 1. The first-order chi connectivity index (χ1) is 9.56. The van der Waals surface area contributed by atoms with Gasteiger partial charge in [0.2, 0.25) is 5.91 Å². The van der Waals surface area contributed by atoms with Crippen molar-refractivity contribution < 1.29 is 14.7 Å². The molecular formula is C13H11N3O4. The Hall–Kier alpha value is -2.83. The lowest BCUT2D eigenvalue weighted by Crippen LogP contribution is -2.18. The summed E-state index contributed by atoms with van der Waals surface area (Å²) < 4.78 is 0. The highest BCUT2D eigenvalue weighted by Crippen LogP contribution is 2.28. The largest absolute Gasteiger partial charge is 0.477 e. The van der Waals surface area contributed by atoms with Crippen molar-refractivity contribution in [2.24, 2.45) is 0 Å². The Labute approximate surface area is 112 Å². The Morgan fingerprint density at radius 1 is 1.15 bits per heavy atom. The second-order valence-electron chi connectivity index (χ2n) is 4.55. The molecule has 7 heteroatoms. The van der Waals surface area contributed by atoms with Crippen LogP contribution in [0.1, 0.15) is 22.3 Å². The highest BCUT2D eigenvalue weighted by atomic mass is 16.4. The summed E-state index contributed by atoms with van der Waals surface area (Å²) in [5.74, 6) is -1.32. The van der Waals surface area contributed by atoms with Crippen LogP contribution in [-0.2, 0) is 11.2 Å². The number of anilines is 1. The SMILES string of the molecule is O=C1CCc2cc(-c3[nH][nH]c(=O)c3C(=O)O)ccc2N1. The fourth-order valence-electron chi connectivity index (χ4n) is 2.32. The molecule has 1 amide bonds. The van der Waals surface area contributed by atoms with Gasteiger partial charge < -0.3 is 10.4 Å². The van der Waals surface area contributed by atoms with E-state index in [1.807, 2.05) is 0 Å². The van der Waals surface area contributed by atoms with Gasteiger partial charge in [0, 0.05) is 17.7 Å². The number of fused-ring (bicyclic) bond motifs is 1. The number of carbonyl (C=O) groups is 2. The van der Waals surface area contributed by atoms with Crippen molar-refractivity contribution in [1.82, 2.24) is 10.2 Å². The van der Waals surface area contributed by atoms with Gasteiger partial charge in [-0.15, -0.1) is 0 Å². The topological polar surface area (TPSA) is 115 Å². The molecule has 1 aromatic heterocycles. The van der Waals surface area contributed by atoms with Crippen LogP contribution in [-0.4, -0.2) is 27.2 Å². The number of aromatic nitrogens is 2. The number of H-pyrrole nitrogens is 2. The molecule has 0 saturated carbocycles. The van der Waals surface area contributed by atoms with E-state index in [-0.39, 0.29) is 17.2 Å². The number of carboxylic acids is 1. The maximum atomic E-state index is 11.5. The second-order valence-corrected chi connectivity index (χ2v) is 4.55. The maximum absolute atomic E-state index is 11.5. The number of rotatable bonds is 2. The number of nitrogens with one attached hydrogen (secondary N) is 3. The van der Waals surface area contributed by atoms with Gasteiger partial charge in [-0.25, -0.2) is 4.79 Å². The van der Waals surface area contributed by atoms with Gasteiger partial charge in [-0.3, -0.25) is 19.8 Å². The first kappa shape index (κ1) is 12.2. The molecule has 0 unspecified atom stereocenters. The predicted octanol–water partition coefficient (Wildman–Crippen LogP) is 0.953. The Morgan fingerprint density at radius 2 is 1.95 bits per heavy atom. The lowest BCUT2D eigenvalue weighted by molar-refractivity contribution is -0.116. The molecule has 0 atom stereocenters. The third-order valence-electron chi connectivity index (χ3n) is 3.28. The molecule has 20 heavy (non-hydrogen) atoms. The summed E-state index contributed by atoms with van der Waals surface area (Å²) in [4.78, 5) is 33.9. The van der Waals surface area contributed by atoms with Crippen molar-refractivity contribution in [3.63, 3.8) is 0 Å². The zero-order valence-electron chi connectivity index (χ0n) is 10.3. The van der Waals surface area contributed by atoms with Crippen molar-refractivity contribution in [3.8, 4) is 11.3 Å². The average molecular weight is 273 g/mol. The summed E-state index contributed by atoms with van der Waals surface area (Å²) in [5, 5.41) is 16.7. The zero-order chi connectivity index (χ0) is 14.3. The van der Waals surface area contributed by atoms with Crippen LogP contribution in [0.3, 0.4) is 0 Å². The minimum Gasteiger partial charge on any atom is -0.477 e. The van der Waals surface area contributed by atoms with Crippen molar-refractivity contribution >= 4 is 17.6 Å². The molecule has 2 heterocycles. The fourth-order valence-corrected chi connectivity index (χ4v) is 2.32. The smallest absolute Gasteiger partial charge is 0.343 e. The van der Waals surface area contributed by atoms with Gasteiger partial charge in [0.25, 0.3) is 5.56 Å². The van der Waals surface area contributed by atoms with Gasteiger partial charge in [0.05, 0.1) is 5.69 Å². The van der Waals surface area contributed by atoms with Crippen LogP contribution in [0.4, 0.5) is 5.69 Å². The lowest BCUT2D eigenvalue weighted by Gasteiger charge is -2.17. The third-order valence-corrected chi connectivity index (χ3v) is 3.28. The van der Waals surface area contributed by atoms with E-state index in [0.717, 1.165) is 11.3 Å². The molecule has 0 radical (unpaired) electrons. The first-order valence-electron chi connectivity index (χ1n) is 6.03. The Morgan fingerprint density at radius 3 is 2.70 bits per heavy atom. The number of aryl methyl sites for hydroxylation is 1. The normalized spacial score (nSPS) is 13.7. The minimum atomic E-state index is -1.28. The molecule has 102 valence electrons. The number of hydrogen-bond acceptors (Lipinski definition) is 3. The number of aromatic carboxylic acids is 1. The van der Waals surface area contributed by atoms with E-state index < -0.39 is 11.5 Å². The molecule has 0 fully saturated rings. The minimum absolute atomic E-state index is 0.0356. The second kappa shape index (κ2) is 4.37. The van der Waals surface area contributed by atoms with Crippen molar-refractivity contribution in [3.05, 3.63) is 39.7 Å². The van der Waals surface area contributed by atoms with Crippen LogP contribution in [0.15, 0.2) is 23.0 Å². The molecule has 0 saturated heterocycles. The van der Waals surface area contributed by atoms with Gasteiger partial charge in [-0.2, -0.15) is 0 Å². The molecule has 1 aromatic carbocycles. The summed E-state index contributed by atoms with van der Waals surface area (Å²) in [6.07, 6.45) is 0.984. The molecule has 7 nitrogen and oxygen atoms in total. The summed E-state index contributed by atoms with van der Waals surface area (Å²) in [6, 6.07) is 5.15. The number of carbonyl (C=O) groups excluding carboxylic acids is 1. The number of amides is 1. The molecule has 0 aliphatic carbocycles. The summed E-state index contributed by atoms with van der Waals surface area (Å²) >= 11 is 0. The van der Waals surface area contributed by atoms with E-state index in [9.17, 15) is 14.4 Å². The van der Waals surface area contributed by atoms with Gasteiger partial charge in [0.15, 0.2) is 5.56 Å². The van der Waals surface area contributed by atoms with E-state index in [1.165, 1.54) is 0 Å². The van der Waals surface area contributed by atoms with Crippen LogP contribution in [0.2, 0.25) is 0 Å². The Balaban J connectivity index is 2.10. The molecule has 3 rings (SSSR count). The average Bonchev–Trinajstić information content (AvgIpc) is 2.80. The first-order valence-corrected chi connectivity index (χ1v) is 6.03. The van der Waals surface area contributed by atoms with Gasteiger partial charge in [-0.1, -0.05) is 6.07 Å². The van der Waals surface area contributed by atoms with Crippen LogP contribution in [0.5, 0.6) is 0 Å². The number of carboxylic acid groups (broad SMARTS) is 1. The maximum Gasteiger partial charge on any atom is 0.343 e. The van der Waals surface area contributed by atoms with E-state index in [2.05, 4.69) is 15.5 Å². The van der Waals surface area contributed by atoms with E-state index in [4.69, 9.17) is 5.11 Å². The van der Waals surface area contributed by atoms with Crippen LogP contribution >= 0.6 is 0 Å². The van der Waals surface area contributed by atoms with Gasteiger partial charge in [0.1, 0.15) is 0 Å². The van der Waals surface area contributed by atoms with Crippen LogP contribution in [0.25, 0.3) is 11.3 Å². The Bertz CT molecular complexity index is 772. The van der Waals surface area contributed by atoms with Crippen LogP contribution in [0, 0.1) is 0 Å². The standard InChI is InChI=1S/C13H11N3O4/c17-9-4-2-6-5-7(1-3-8(6)14-9)11-10(13(19)20)12(18)16-15-11/h1,3,5H,2,4H2,(H,14,17)(H,19,20)(H2,15,16,18). The van der Waals surface area contributed by atoms with Gasteiger partial charge >= 0.3 is 5.97 Å². The Kier molecular flexibility index (Phi) is 2.67. The highest BCUT2D eigenvalue weighted by molar-refractivity contribution is 5.96. The van der Waals surface area contributed by atoms with E-state index in [1.54, 1.807) is 18.2 Å². The summed E-state index contributed by atoms with van der Waals surface area (Å²) in [7, 11) is 0. The zero-order valence-corrected chi connectivity index (χ0v) is 10.3. The summed E-state index contributed by atoms with van der Waals surface area (Å²) in [6.45, 7) is 0. The number of hydrogen-bond donors (Lipinski definition) is 4. The van der Waals surface area contributed by atoms with Crippen LogP contribution < -0.4 is 10.9 Å². The predicted molar refractivity (Wildman–Crippen MR) is 70.8 cm³/mol. The summed E-state index contributed by atoms with van der Waals surface area (Å²) in [5.41, 5.74) is 1.49. The number of aromatic amines is 2. The molecule has 1 aliphatic heterocycles. The molecule has 1 aliphatic rings.